The molecule has 9 N–H and O–H groups in total. The molecule has 12 atom stereocenters. The van der Waals surface area contributed by atoms with Gasteiger partial charge in [0.25, 0.3) is 0 Å². The second-order valence-electron chi connectivity index (χ2n) is 24.3. The van der Waals surface area contributed by atoms with E-state index in [1.165, 1.54) is 186 Å². The van der Waals surface area contributed by atoms with Crippen molar-refractivity contribution >= 4 is 5.91 Å². The maximum atomic E-state index is 13.3. The largest absolute Gasteiger partial charge is 0.394 e. The summed E-state index contributed by atoms with van der Waals surface area (Å²) in [6.45, 7) is 2.76. The van der Waals surface area contributed by atoms with Crippen LogP contribution in [0.3, 0.4) is 0 Å². The van der Waals surface area contributed by atoms with Crippen LogP contribution in [0.25, 0.3) is 0 Å². The molecule has 2 fully saturated rings. The fourth-order valence-electron chi connectivity index (χ4n) is 11.3. The van der Waals surface area contributed by atoms with Crippen molar-refractivity contribution < 1.29 is 64.6 Å². The van der Waals surface area contributed by atoms with E-state index < -0.39 is 86.8 Å². The fourth-order valence-corrected chi connectivity index (χ4v) is 11.3. The Morgan fingerprint density at radius 3 is 1.28 bits per heavy atom. The van der Waals surface area contributed by atoms with Gasteiger partial charge in [0.2, 0.25) is 5.91 Å². The quantitative estimate of drug-likeness (QED) is 0.0204. The van der Waals surface area contributed by atoms with Gasteiger partial charge in [-0.2, -0.15) is 0 Å². The molecule has 0 aromatic carbocycles. The number of aliphatic hydroxyl groups is 8. The van der Waals surface area contributed by atoms with Crippen LogP contribution in [0.5, 0.6) is 0 Å². The summed E-state index contributed by atoms with van der Waals surface area (Å²) in [5, 5.41) is 87.3. The normalized spacial score (nSPS) is 24.1. The average Bonchev–Trinajstić information content (AvgIpc) is 3.58. The van der Waals surface area contributed by atoms with E-state index in [1.54, 1.807) is 0 Å². The molecule has 0 bridgehead atoms. The van der Waals surface area contributed by atoms with Crippen LogP contribution < -0.4 is 5.32 Å². The van der Waals surface area contributed by atoms with E-state index in [1.807, 2.05) is 0 Å². The van der Waals surface area contributed by atoms with Crippen LogP contribution >= 0.6 is 0 Å². The molecule has 2 heterocycles. The van der Waals surface area contributed by atoms with Crippen LogP contribution in [0.15, 0.2) is 48.6 Å². The van der Waals surface area contributed by atoms with E-state index in [2.05, 4.69) is 67.8 Å². The Balaban J connectivity index is 1.55. The Morgan fingerprint density at radius 1 is 0.446 bits per heavy atom. The van der Waals surface area contributed by atoms with E-state index in [9.17, 15) is 45.6 Å². The molecule has 0 radical (unpaired) electrons. The van der Waals surface area contributed by atoms with Gasteiger partial charge >= 0.3 is 0 Å². The first kappa shape index (κ1) is 77.0. The fraction of sp³-hybridized carbons (Fsp3) is 0.870. The van der Waals surface area contributed by atoms with Crippen LogP contribution in [0.2, 0.25) is 0 Å². The SMILES string of the molecule is CC/C=C\C/C=C\C/C=C\C/C=C\CCCCCCCCCCCCCCCCCCCCCCCCCCC(=O)NC(COC1OC(CO)C(OC2OC(CO)C(O)C(O)C2O)C(O)C1O)C(O)CCCCCCCCCCCCCC. The highest BCUT2D eigenvalue weighted by atomic mass is 16.7. The first-order valence-electron chi connectivity index (χ1n) is 34.4. The lowest BCUT2D eigenvalue weighted by Crippen LogP contribution is -2.65. The van der Waals surface area contributed by atoms with Crippen molar-refractivity contribution in [3.8, 4) is 0 Å². The Kier molecular flexibility index (Phi) is 50.2. The first-order valence-corrected chi connectivity index (χ1v) is 34.4. The number of unbranched alkanes of at least 4 members (excludes halogenated alkanes) is 35. The number of carbonyl (C=O) groups is 1. The Bertz CT molecular complexity index is 1580. The number of carbonyl (C=O) groups excluding carboxylic acids is 1. The lowest BCUT2D eigenvalue weighted by molar-refractivity contribution is -0.359. The van der Waals surface area contributed by atoms with Gasteiger partial charge in [0.05, 0.1) is 32.0 Å². The van der Waals surface area contributed by atoms with Crippen LogP contribution in [-0.4, -0.2) is 140 Å². The monoisotopic (exact) mass is 1180 g/mol. The summed E-state index contributed by atoms with van der Waals surface area (Å²) < 4.78 is 22.9. The predicted molar refractivity (Wildman–Crippen MR) is 337 cm³/mol. The molecule has 2 aliphatic heterocycles. The van der Waals surface area contributed by atoms with E-state index in [4.69, 9.17) is 18.9 Å². The summed E-state index contributed by atoms with van der Waals surface area (Å²) >= 11 is 0. The standard InChI is InChI=1S/C69H127NO13/c1-3-5-7-9-11-13-15-17-18-19-20-21-22-23-24-25-26-27-28-29-30-31-32-33-34-35-36-37-38-39-40-41-43-45-47-49-51-53-61(74)70-57(58(73)52-50-48-46-44-42-16-14-12-10-8-6-4-2)56-80-68-66(79)64(77)67(60(55-72)82-68)83-69-65(78)63(76)62(75)59(54-71)81-69/h5,7,11,13,17-18,20-21,57-60,62-69,71-73,75-79H,3-4,6,8-10,12,14-16,19,22-56H2,1-2H3,(H,70,74)/b7-5-,13-11-,18-17-,21-20-. The first-order chi connectivity index (χ1) is 40.6. The molecule has 1 amide bonds. The number of aliphatic hydroxyl groups excluding tert-OH is 8. The maximum Gasteiger partial charge on any atom is 0.220 e. The minimum atomic E-state index is -1.78. The van der Waals surface area contributed by atoms with Crippen molar-refractivity contribution in [3.05, 3.63) is 48.6 Å². The molecule has 0 aliphatic carbocycles. The summed E-state index contributed by atoms with van der Waals surface area (Å²) in [7, 11) is 0. The average molecular weight is 1180 g/mol. The van der Waals surface area contributed by atoms with Gasteiger partial charge in [-0.3, -0.25) is 4.79 Å². The van der Waals surface area contributed by atoms with Crippen LogP contribution in [-0.2, 0) is 23.7 Å². The molecule has 0 spiro atoms. The lowest BCUT2D eigenvalue weighted by Gasteiger charge is -2.46. The van der Waals surface area contributed by atoms with Crippen molar-refractivity contribution in [2.45, 2.75) is 364 Å². The number of rotatable bonds is 56. The van der Waals surface area contributed by atoms with Crippen molar-refractivity contribution in [2.24, 2.45) is 0 Å². The van der Waals surface area contributed by atoms with Gasteiger partial charge < -0.3 is 65.1 Å². The molecule has 486 valence electrons. The van der Waals surface area contributed by atoms with Gasteiger partial charge in [0, 0.05) is 6.42 Å². The van der Waals surface area contributed by atoms with Crippen molar-refractivity contribution in [1.82, 2.24) is 5.32 Å². The van der Waals surface area contributed by atoms with E-state index >= 15 is 0 Å². The summed E-state index contributed by atoms with van der Waals surface area (Å²) in [6.07, 6.45) is 53.0. The molecule has 0 saturated carbocycles. The third-order valence-electron chi connectivity index (χ3n) is 16.8. The highest BCUT2D eigenvalue weighted by molar-refractivity contribution is 5.76. The molecule has 0 aromatic rings. The summed E-state index contributed by atoms with van der Waals surface area (Å²) in [5.74, 6) is -0.203. The topological polar surface area (TPSA) is 228 Å². The number of hydrogen-bond donors (Lipinski definition) is 9. The molecule has 0 aromatic heterocycles. The van der Waals surface area contributed by atoms with Crippen LogP contribution in [0.1, 0.15) is 290 Å². The smallest absolute Gasteiger partial charge is 0.220 e. The third-order valence-corrected chi connectivity index (χ3v) is 16.8. The van der Waals surface area contributed by atoms with Gasteiger partial charge in [-0.25, -0.2) is 0 Å². The van der Waals surface area contributed by atoms with Crippen LogP contribution in [0, 0.1) is 0 Å². The number of allylic oxidation sites excluding steroid dienone is 8. The molecule has 14 nitrogen and oxygen atoms in total. The minimum absolute atomic E-state index is 0.203. The molecule has 83 heavy (non-hydrogen) atoms. The Labute approximate surface area is 505 Å². The molecule has 2 rings (SSSR count). The molecule has 12 unspecified atom stereocenters. The number of hydrogen-bond acceptors (Lipinski definition) is 13. The molecule has 14 heteroatoms. The second-order valence-corrected chi connectivity index (χ2v) is 24.3. The zero-order chi connectivity index (χ0) is 60.2. The van der Waals surface area contributed by atoms with Gasteiger partial charge in [0.1, 0.15) is 48.8 Å². The number of nitrogens with one attached hydrogen (secondary N) is 1. The van der Waals surface area contributed by atoms with Gasteiger partial charge in [-0.1, -0.05) is 281 Å². The summed E-state index contributed by atoms with van der Waals surface area (Å²) in [6, 6.07) is -0.826. The van der Waals surface area contributed by atoms with Crippen LogP contribution in [0.4, 0.5) is 0 Å². The van der Waals surface area contributed by atoms with Gasteiger partial charge in [-0.05, 0) is 51.4 Å². The van der Waals surface area contributed by atoms with E-state index in [0.29, 0.717) is 12.8 Å². The number of ether oxygens (including phenoxy) is 4. The maximum absolute atomic E-state index is 13.3. The van der Waals surface area contributed by atoms with Crippen molar-refractivity contribution in [2.75, 3.05) is 19.8 Å². The minimum Gasteiger partial charge on any atom is -0.394 e. The van der Waals surface area contributed by atoms with E-state index in [0.717, 1.165) is 77.0 Å². The molecule has 2 saturated heterocycles. The van der Waals surface area contributed by atoms with Crippen molar-refractivity contribution in [3.63, 3.8) is 0 Å². The lowest BCUT2D eigenvalue weighted by atomic mass is 9.97. The Morgan fingerprint density at radius 2 is 0.831 bits per heavy atom. The summed E-state index contributed by atoms with van der Waals surface area (Å²) in [5.41, 5.74) is 0. The molecule has 2 aliphatic rings. The predicted octanol–water partition coefficient (Wildman–Crippen LogP) is 13.5. The van der Waals surface area contributed by atoms with E-state index in [-0.39, 0.29) is 12.5 Å². The highest BCUT2D eigenvalue weighted by Gasteiger charge is 2.51. The highest BCUT2D eigenvalue weighted by Crippen LogP contribution is 2.30. The Hall–Kier alpha value is -2.05. The third kappa shape index (κ3) is 38.8. The zero-order valence-corrected chi connectivity index (χ0v) is 52.7. The van der Waals surface area contributed by atoms with Gasteiger partial charge in [0.15, 0.2) is 12.6 Å². The number of amides is 1. The van der Waals surface area contributed by atoms with Crippen molar-refractivity contribution in [1.29, 1.82) is 0 Å². The van der Waals surface area contributed by atoms with Gasteiger partial charge in [-0.15, -0.1) is 0 Å². The summed E-state index contributed by atoms with van der Waals surface area (Å²) in [4.78, 5) is 13.3. The second kappa shape index (κ2) is 54.1. The zero-order valence-electron chi connectivity index (χ0n) is 52.7. The molecular formula is C69H127NO13. The molecular weight excluding hydrogens is 1050 g/mol.